The van der Waals surface area contributed by atoms with Crippen LogP contribution < -0.4 is 10.1 Å². The molecule has 8 nitrogen and oxygen atoms in total. The van der Waals surface area contributed by atoms with Crippen LogP contribution in [0.4, 0.5) is 10.3 Å². The van der Waals surface area contributed by atoms with Crippen LogP contribution in [0, 0.1) is 5.82 Å². The lowest BCUT2D eigenvalue weighted by atomic mass is 10.0. The van der Waals surface area contributed by atoms with Crippen molar-refractivity contribution in [2.24, 2.45) is 5.10 Å². The standard InChI is InChI=1S/C25H22ClFN7OS/c1-2-35-19-13-29-21(26)11-17(19)16-5-3-4-15-10-20(36-24(15)16)23-18(27)12-30-25(32-23)28-6-8-33-9-7-31-34-14-22(33)34/h3-5,7,9-13,22H,2,6,8,14H2,1H3,(H,28,30,32)/q+1. The van der Waals surface area contributed by atoms with Crippen LogP contribution in [-0.2, 0) is 0 Å². The van der Waals surface area contributed by atoms with Crippen molar-refractivity contribution in [3.8, 4) is 27.4 Å². The summed E-state index contributed by atoms with van der Waals surface area (Å²) >= 11 is 7.68. The summed E-state index contributed by atoms with van der Waals surface area (Å²) in [5.41, 5.74) is 2.05. The van der Waals surface area contributed by atoms with Gasteiger partial charge in [-0.1, -0.05) is 29.8 Å². The van der Waals surface area contributed by atoms with Crippen molar-refractivity contribution in [3.05, 3.63) is 53.7 Å². The maximum Gasteiger partial charge on any atom is 0.262 e. The number of pyridine rings is 1. The normalized spacial score (nSPS) is 16.1. The molecule has 182 valence electrons. The van der Waals surface area contributed by atoms with E-state index in [4.69, 9.17) is 16.3 Å². The largest absolute Gasteiger partial charge is 0.492 e. The highest BCUT2D eigenvalue weighted by Gasteiger charge is 2.44. The van der Waals surface area contributed by atoms with Crippen LogP contribution in [0.25, 0.3) is 31.8 Å². The molecule has 36 heavy (non-hydrogen) atoms. The Hall–Kier alpha value is -3.63. The third-order valence-electron chi connectivity index (χ3n) is 6.02. The van der Waals surface area contributed by atoms with E-state index in [0.717, 1.165) is 34.3 Å². The first-order valence-corrected chi connectivity index (χ1v) is 12.8. The third kappa shape index (κ3) is 4.38. The highest BCUT2D eigenvalue weighted by Crippen LogP contribution is 2.42. The molecule has 1 unspecified atom stereocenters. The lowest BCUT2D eigenvalue weighted by Gasteiger charge is -2.11. The average molecular weight is 523 g/mol. The molecule has 1 fully saturated rings. The molecule has 2 aliphatic heterocycles. The molecule has 0 spiro atoms. The van der Waals surface area contributed by atoms with Gasteiger partial charge in [0.25, 0.3) is 6.17 Å². The number of benzene rings is 1. The Labute approximate surface area is 215 Å². The van der Waals surface area contributed by atoms with Gasteiger partial charge in [0.05, 0.1) is 30.4 Å². The van der Waals surface area contributed by atoms with Crippen LogP contribution in [0.1, 0.15) is 6.92 Å². The molecule has 1 aromatic carbocycles. The van der Waals surface area contributed by atoms with Crippen molar-refractivity contribution >= 4 is 51.4 Å². The Morgan fingerprint density at radius 3 is 3.06 bits per heavy atom. The predicted octanol–water partition coefficient (Wildman–Crippen LogP) is 4.75. The van der Waals surface area contributed by atoms with E-state index in [2.05, 4.69) is 29.9 Å². The number of thiophene rings is 1. The molecule has 0 aliphatic carbocycles. The van der Waals surface area contributed by atoms with E-state index in [-0.39, 0.29) is 5.69 Å². The highest BCUT2D eigenvalue weighted by molar-refractivity contribution is 7.22. The van der Waals surface area contributed by atoms with Crippen molar-refractivity contribution in [1.82, 2.24) is 20.0 Å². The minimum atomic E-state index is -0.468. The Balaban J connectivity index is 1.29. The van der Waals surface area contributed by atoms with Crippen molar-refractivity contribution in [2.75, 3.05) is 31.6 Å². The summed E-state index contributed by atoms with van der Waals surface area (Å²) in [6.45, 7) is 4.76. The molecule has 1 saturated heterocycles. The van der Waals surface area contributed by atoms with Gasteiger partial charge in [-0.3, -0.25) is 0 Å². The number of aromatic nitrogens is 3. The molecule has 0 amide bonds. The topological polar surface area (TPSA) is 78.3 Å². The second kappa shape index (κ2) is 9.44. The summed E-state index contributed by atoms with van der Waals surface area (Å²) in [5.74, 6) is 0.572. The van der Waals surface area contributed by atoms with Crippen molar-refractivity contribution < 1.29 is 13.7 Å². The Kier molecular flexibility index (Phi) is 5.98. The molecule has 2 aliphatic rings. The number of anilines is 1. The van der Waals surface area contributed by atoms with E-state index < -0.39 is 5.82 Å². The van der Waals surface area contributed by atoms with Crippen molar-refractivity contribution in [3.63, 3.8) is 0 Å². The zero-order chi connectivity index (χ0) is 24.6. The Morgan fingerprint density at radius 1 is 1.25 bits per heavy atom. The molecule has 1 N–H and O–H groups in total. The number of halogens is 2. The van der Waals surface area contributed by atoms with Gasteiger partial charge in [-0.25, -0.2) is 28.9 Å². The molecule has 0 radical (unpaired) electrons. The van der Waals surface area contributed by atoms with Gasteiger partial charge in [0.15, 0.2) is 18.6 Å². The molecular formula is C25H22ClFN7OS+. The zero-order valence-electron chi connectivity index (χ0n) is 19.4. The maximum absolute atomic E-state index is 14.9. The number of nitrogens with one attached hydrogen (secondary N) is 1. The fraction of sp³-hybridized carbons (Fsp3) is 0.240. The summed E-state index contributed by atoms with van der Waals surface area (Å²) in [4.78, 5) is 13.5. The number of hydrazone groups is 1. The second-order valence-corrected chi connectivity index (χ2v) is 9.78. The first-order valence-electron chi connectivity index (χ1n) is 11.6. The van der Waals surface area contributed by atoms with E-state index in [1.54, 1.807) is 18.5 Å². The Bertz CT molecular complexity index is 1520. The van der Waals surface area contributed by atoms with E-state index in [0.29, 0.717) is 41.0 Å². The number of nitrogens with zero attached hydrogens (tertiary/aromatic N) is 6. The third-order valence-corrected chi connectivity index (χ3v) is 7.41. The summed E-state index contributed by atoms with van der Waals surface area (Å²) < 4.78 is 23.9. The van der Waals surface area contributed by atoms with E-state index in [9.17, 15) is 4.39 Å². The van der Waals surface area contributed by atoms with Crippen LogP contribution >= 0.6 is 22.9 Å². The van der Waals surface area contributed by atoms with Crippen molar-refractivity contribution in [2.45, 2.75) is 13.1 Å². The van der Waals surface area contributed by atoms with Gasteiger partial charge >= 0.3 is 0 Å². The monoisotopic (exact) mass is 522 g/mol. The van der Waals surface area contributed by atoms with Crippen LogP contribution in [0.2, 0.25) is 5.15 Å². The van der Waals surface area contributed by atoms with Gasteiger partial charge in [0, 0.05) is 15.8 Å². The fourth-order valence-corrected chi connectivity index (χ4v) is 5.59. The number of hydrogen-bond donors (Lipinski definition) is 1. The predicted molar refractivity (Wildman–Crippen MR) is 141 cm³/mol. The molecule has 1 atom stereocenters. The SMILES string of the molecule is CCOc1cnc(Cl)cc1-c1cccc2cc(-c3nc(NCC[N+]4=CC=NN5CC54)ncc3F)sc12. The lowest BCUT2D eigenvalue weighted by molar-refractivity contribution is -0.543. The van der Waals surface area contributed by atoms with Gasteiger partial charge in [-0.05, 0) is 24.4 Å². The fourth-order valence-electron chi connectivity index (χ4n) is 4.26. The van der Waals surface area contributed by atoms with E-state index >= 15 is 0 Å². The van der Waals surface area contributed by atoms with Gasteiger partial charge < -0.3 is 10.1 Å². The number of rotatable bonds is 8. The Morgan fingerprint density at radius 2 is 2.17 bits per heavy atom. The summed E-state index contributed by atoms with van der Waals surface area (Å²) in [6.07, 6.45) is 6.96. The molecule has 0 bridgehead atoms. The van der Waals surface area contributed by atoms with Crippen LogP contribution in [0.15, 0.2) is 47.8 Å². The van der Waals surface area contributed by atoms with Crippen LogP contribution in [0.3, 0.4) is 0 Å². The average Bonchev–Trinajstić information content (AvgIpc) is 3.56. The first kappa shape index (κ1) is 22.8. The van der Waals surface area contributed by atoms with E-state index in [1.807, 2.05) is 42.4 Å². The number of hydrogen-bond acceptors (Lipinski definition) is 8. The van der Waals surface area contributed by atoms with Gasteiger partial charge in [0.1, 0.15) is 29.4 Å². The zero-order valence-corrected chi connectivity index (χ0v) is 20.9. The van der Waals surface area contributed by atoms with Crippen LogP contribution in [0.5, 0.6) is 5.75 Å². The summed E-state index contributed by atoms with van der Waals surface area (Å²) in [6, 6.07) is 9.71. The number of ether oxygens (including phenoxy) is 1. The highest BCUT2D eigenvalue weighted by atomic mass is 35.5. The summed E-state index contributed by atoms with van der Waals surface area (Å²) in [7, 11) is 0. The molecule has 4 aromatic rings. The second-order valence-electron chi connectivity index (χ2n) is 8.34. The molecule has 11 heteroatoms. The first-order chi connectivity index (χ1) is 17.6. The van der Waals surface area contributed by atoms with Gasteiger partial charge in [-0.15, -0.1) is 11.3 Å². The van der Waals surface area contributed by atoms with Crippen LogP contribution in [-0.4, -0.2) is 69.4 Å². The molecule has 0 saturated carbocycles. The molecule has 3 aromatic heterocycles. The quantitative estimate of drug-likeness (QED) is 0.204. The smallest absolute Gasteiger partial charge is 0.262 e. The minimum absolute atomic E-state index is 0.266. The maximum atomic E-state index is 14.9. The van der Waals surface area contributed by atoms with E-state index in [1.165, 1.54) is 17.5 Å². The van der Waals surface area contributed by atoms with Crippen molar-refractivity contribution in [1.29, 1.82) is 0 Å². The summed E-state index contributed by atoms with van der Waals surface area (Å²) in [5, 5.41) is 10.8. The molecular weight excluding hydrogens is 501 g/mol. The lowest BCUT2D eigenvalue weighted by Crippen LogP contribution is -2.28. The minimum Gasteiger partial charge on any atom is -0.492 e. The molecule has 5 heterocycles. The number of fused-ring (bicyclic) bond motifs is 2. The molecule has 6 rings (SSSR count). The van der Waals surface area contributed by atoms with Gasteiger partial charge in [-0.2, -0.15) is 5.10 Å². The van der Waals surface area contributed by atoms with Gasteiger partial charge in [0.2, 0.25) is 5.95 Å².